The Labute approximate surface area is 240 Å². The second kappa shape index (κ2) is 10.2. The normalized spacial score (nSPS) is 22.9. The molecule has 0 aromatic heterocycles. The van der Waals surface area contributed by atoms with Crippen molar-refractivity contribution in [2.24, 2.45) is 0 Å². The molecular formula is C32H30O10. The van der Waals surface area contributed by atoms with Crippen molar-refractivity contribution in [1.82, 2.24) is 0 Å². The van der Waals surface area contributed by atoms with E-state index in [1.54, 1.807) is 18.2 Å². The fourth-order valence-corrected chi connectivity index (χ4v) is 6.06. The van der Waals surface area contributed by atoms with E-state index < -0.39 is 41.8 Å². The standard InChI is InChI=1S/C32H30O10/c1-2-14-10-23(38)27(32-17(14)13-24(39)30(42-32)15-6-8-18(33)21(36)11-15)28-26-20(35)4-3-5-25(26)41-31(29(28)40)16-7-9-19(34)22(37)12-16/h3-12,24,28-31,33-40H,2,13H2,1H3. The van der Waals surface area contributed by atoms with Gasteiger partial charge in [-0.05, 0) is 65.6 Å². The Morgan fingerprint density at radius 3 is 1.93 bits per heavy atom. The summed E-state index contributed by atoms with van der Waals surface area (Å²) in [4.78, 5) is 0. The summed E-state index contributed by atoms with van der Waals surface area (Å²) in [6, 6.07) is 14.3. The molecule has 4 aromatic carbocycles. The molecular weight excluding hydrogens is 544 g/mol. The first-order valence-electron chi connectivity index (χ1n) is 13.5. The van der Waals surface area contributed by atoms with E-state index in [0.29, 0.717) is 23.1 Å². The van der Waals surface area contributed by atoms with Gasteiger partial charge in [-0.2, -0.15) is 0 Å². The number of benzene rings is 4. The molecule has 0 bridgehead atoms. The first-order valence-corrected chi connectivity index (χ1v) is 13.5. The lowest BCUT2D eigenvalue weighted by Gasteiger charge is -2.40. The maximum Gasteiger partial charge on any atom is 0.157 e. The molecule has 2 aliphatic heterocycles. The Morgan fingerprint density at radius 1 is 0.667 bits per heavy atom. The number of phenolic OH excluding ortho intramolecular Hbond substituents is 6. The third kappa shape index (κ3) is 4.36. The van der Waals surface area contributed by atoms with Crippen LogP contribution < -0.4 is 9.47 Å². The summed E-state index contributed by atoms with van der Waals surface area (Å²) in [7, 11) is 0. The van der Waals surface area contributed by atoms with E-state index in [1.807, 2.05) is 6.92 Å². The van der Waals surface area contributed by atoms with Crippen LogP contribution in [0.5, 0.6) is 46.0 Å². The van der Waals surface area contributed by atoms with E-state index in [0.717, 1.165) is 5.56 Å². The van der Waals surface area contributed by atoms with E-state index in [4.69, 9.17) is 9.47 Å². The molecule has 0 spiro atoms. The molecule has 4 aromatic rings. The monoisotopic (exact) mass is 574 g/mol. The van der Waals surface area contributed by atoms with Gasteiger partial charge in [-0.25, -0.2) is 0 Å². The van der Waals surface area contributed by atoms with Crippen molar-refractivity contribution in [1.29, 1.82) is 0 Å². The van der Waals surface area contributed by atoms with E-state index in [9.17, 15) is 40.9 Å². The minimum absolute atomic E-state index is 0.125. The average Bonchev–Trinajstić information content (AvgIpc) is 2.96. The molecule has 6 rings (SSSR count). The van der Waals surface area contributed by atoms with Gasteiger partial charge in [0.2, 0.25) is 0 Å². The van der Waals surface area contributed by atoms with E-state index >= 15 is 0 Å². The average molecular weight is 575 g/mol. The van der Waals surface area contributed by atoms with Crippen LogP contribution in [0.15, 0.2) is 60.7 Å². The number of hydrogen-bond donors (Lipinski definition) is 8. The van der Waals surface area contributed by atoms with E-state index in [1.165, 1.54) is 42.5 Å². The van der Waals surface area contributed by atoms with Crippen molar-refractivity contribution in [2.75, 3.05) is 0 Å². The Kier molecular flexibility index (Phi) is 6.67. The molecule has 0 aliphatic carbocycles. The number of aliphatic hydroxyl groups is 2. The summed E-state index contributed by atoms with van der Waals surface area (Å²) in [5.74, 6) is -2.54. The van der Waals surface area contributed by atoms with Gasteiger partial charge in [0.05, 0.1) is 12.0 Å². The zero-order valence-corrected chi connectivity index (χ0v) is 22.5. The number of phenols is 6. The fourth-order valence-electron chi connectivity index (χ4n) is 6.06. The third-order valence-electron chi connectivity index (χ3n) is 8.11. The maximum absolute atomic E-state index is 11.9. The fraction of sp³-hybridized carbons (Fsp3) is 0.250. The smallest absolute Gasteiger partial charge is 0.157 e. The van der Waals surface area contributed by atoms with Crippen LogP contribution in [-0.2, 0) is 12.8 Å². The van der Waals surface area contributed by atoms with Crippen molar-refractivity contribution < 1.29 is 50.3 Å². The van der Waals surface area contributed by atoms with Gasteiger partial charge < -0.3 is 50.3 Å². The maximum atomic E-state index is 11.9. The molecule has 10 heteroatoms. The molecule has 2 aliphatic rings. The van der Waals surface area contributed by atoms with Crippen LogP contribution in [0.3, 0.4) is 0 Å². The van der Waals surface area contributed by atoms with Gasteiger partial charge in [0, 0.05) is 23.1 Å². The predicted molar refractivity (Wildman–Crippen MR) is 149 cm³/mol. The predicted octanol–water partition coefficient (Wildman–Crippen LogP) is 4.15. The van der Waals surface area contributed by atoms with Crippen molar-refractivity contribution >= 4 is 0 Å². The van der Waals surface area contributed by atoms with Gasteiger partial charge in [0.1, 0.15) is 35.2 Å². The summed E-state index contributed by atoms with van der Waals surface area (Å²) in [5, 5.41) is 85.4. The zero-order chi connectivity index (χ0) is 29.9. The summed E-state index contributed by atoms with van der Waals surface area (Å²) in [6.07, 6.45) is -3.93. The molecule has 8 N–H and O–H groups in total. The second-order valence-electron chi connectivity index (χ2n) is 10.6. The Balaban J connectivity index is 1.55. The van der Waals surface area contributed by atoms with Crippen LogP contribution in [0.1, 0.15) is 58.4 Å². The molecule has 0 amide bonds. The van der Waals surface area contributed by atoms with E-state index in [2.05, 4.69) is 0 Å². The van der Waals surface area contributed by atoms with Crippen molar-refractivity contribution in [2.45, 2.75) is 50.1 Å². The SMILES string of the molecule is CCc1cc(O)c(C2c3c(O)cccc3OC(c3ccc(O)c(O)c3)C2O)c2c1CC(O)C(c1ccc(O)c(O)c1)O2. The molecule has 5 unspecified atom stereocenters. The largest absolute Gasteiger partial charge is 0.508 e. The van der Waals surface area contributed by atoms with Crippen LogP contribution in [-0.4, -0.2) is 53.1 Å². The van der Waals surface area contributed by atoms with Crippen molar-refractivity contribution in [3.63, 3.8) is 0 Å². The summed E-state index contributed by atoms with van der Waals surface area (Å²) in [5.41, 5.74) is 2.42. The van der Waals surface area contributed by atoms with Gasteiger partial charge in [-0.3, -0.25) is 0 Å². The lowest BCUT2D eigenvalue weighted by atomic mass is 9.76. The van der Waals surface area contributed by atoms with Gasteiger partial charge in [-0.1, -0.05) is 25.1 Å². The molecule has 0 radical (unpaired) electrons. The Hall–Kier alpha value is -4.80. The highest BCUT2D eigenvalue weighted by molar-refractivity contribution is 5.64. The van der Waals surface area contributed by atoms with Gasteiger partial charge >= 0.3 is 0 Å². The number of hydrogen-bond acceptors (Lipinski definition) is 10. The molecule has 5 atom stereocenters. The second-order valence-corrected chi connectivity index (χ2v) is 10.6. The summed E-state index contributed by atoms with van der Waals surface area (Å²) >= 11 is 0. The van der Waals surface area contributed by atoms with Crippen molar-refractivity contribution in [3.05, 3.63) is 94.0 Å². The Morgan fingerprint density at radius 2 is 1.31 bits per heavy atom. The highest BCUT2D eigenvalue weighted by Crippen LogP contribution is 2.55. The zero-order valence-electron chi connectivity index (χ0n) is 22.5. The molecule has 2 heterocycles. The molecule has 218 valence electrons. The lowest BCUT2D eigenvalue weighted by molar-refractivity contribution is 0.00145. The van der Waals surface area contributed by atoms with Crippen LogP contribution in [0, 0.1) is 0 Å². The number of ether oxygens (including phenoxy) is 2. The van der Waals surface area contributed by atoms with Gasteiger partial charge in [-0.15, -0.1) is 0 Å². The molecule has 0 saturated carbocycles. The third-order valence-corrected chi connectivity index (χ3v) is 8.11. The first kappa shape index (κ1) is 27.4. The molecule has 0 saturated heterocycles. The van der Waals surface area contributed by atoms with Gasteiger partial charge in [0.15, 0.2) is 29.1 Å². The highest BCUT2D eigenvalue weighted by atomic mass is 16.5. The van der Waals surface area contributed by atoms with Crippen LogP contribution in [0.4, 0.5) is 0 Å². The van der Waals surface area contributed by atoms with E-state index in [-0.39, 0.29) is 52.0 Å². The summed E-state index contributed by atoms with van der Waals surface area (Å²) < 4.78 is 12.5. The number of aryl methyl sites for hydroxylation is 1. The summed E-state index contributed by atoms with van der Waals surface area (Å²) in [6.45, 7) is 1.89. The number of rotatable bonds is 4. The molecule has 42 heavy (non-hydrogen) atoms. The topological polar surface area (TPSA) is 180 Å². The molecule has 0 fully saturated rings. The number of aromatic hydroxyl groups is 6. The lowest BCUT2D eigenvalue weighted by Crippen LogP contribution is -2.37. The van der Waals surface area contributed by atoms with Crippen LogP contribution in [0.25, 0.3) is 0 Å². The highest BCUT2D eigenvalue weighted by Gasteiger charge is 2.45. The first-order chi connectivity index (χ1) is 20.1. The number of aliphatic hydroxyl groups excluding tert-OH is 2. The van der Waals surface area contributed by atoms with Crippen LogP contribution in [0.2, 0.25) is 0 Å². The van der Waals surface area contributed by atoms with Crippen molar-refractivity contribution in [3.8, 4) is 46.0 Å². The van der Waals surface area contributed by atoms with Crippen LogP contribution >= 0.6 is 0 Å². The minimum Gasteiger partial charge on any atom is -0.508 e. The minimum atomic E-state index is -1.43. The molecule has 10 nitrogen and oxygen atoms in total. The quantitative estimate of drug-likeness (QED) is 0.165. The van der Waals surface area contributed by atoms with Gasteiger partial charge in [0.25, 0.3) is 0 Å². The Bertz CT molecular complexity index is 1680. The number of fused-ring (bicyclic) bond motifs is 2.